The number of methoxy groups -OCH3 is 1. The van der Waals surface area contributed by atoms with E-state index in [0.717, 1.165) is 12.0 Å². The molecule has 0 aliphatic carbocycles. The van der Waals surface area contributed by atoms with Gasteiger partial charge in [-0.15, -0.1) is 0 Å². The van der Waals surface area contributed by atoms with Crippen molar-refractivity contribution >= 4 is 12.1 Å². The van der Waals surface area contributed by atoms with Gasteiger partial charge in [0.2, 0.25) is 6.41 Å². The number of nitro groups is 1. The fraction of sp³-hybridized carbons (Fsp3) is 0.417. The maximum absolute atomic E-state index is 10.7. The summed E-state index contributed by atoms with van der Waals surface area (Å²) in [4.78, 5) is 22.3. The minimum absolute atomic E-state index is 0.0324. The van der Waals surface area contributed by atoms with Crippen LogP contribution in [-0.2, 0) is 9.53 Å². The second-order valence-corrected chi connectivity index (χ2v) is 4.02. The topological polar surface area (TPSA) is 72.7 Å². The van der Waals surface area contributed by atoms with Crippen molar-refractivity contribution in [3.8, 4) is 0 Å². The molecule has 1 rings (SSSR count). The van der Waals surface area contributed by atoms with E-state index < -0.39 is 4.92 Å². The van der Waals surface area contributed by atoms with E-state index in [-0.39, 0.29) is 17.8 Å². The van der Waals surface area contributed by atoms with Gasteiger partial charge in [-0.1, -0.05) is 0 Å². The van der Waals surface area contributed by atoms with E-state index in [0.29, 0.717) is 0 Å². The zero-order chi connectivity index (χ0) is 13.7. The largest absolute Gasteiger partial charge is 0.375 e. The van der Waals surface area contributed by atoms with E-state index in [9.17, 15) is 14.9 Å². The quantitative estimate of drug-likeness (QED) is 0.439. The van der Waals surface area contributed by atoms with Crippen LogP contribution in [0.25, 0.3) is 0 Å². The number of ether oxygens (including phenoxy) is 1. The maximum atomic E-state index is 10.7. The van der Waals surface area contributed by atoms with Crippen LogP contribution in [0.15, 0.2) is 24.3 Å². The molecule has 0 aliphatic rings. The lowest BCUT2D eigenvalue weighted by Gasteiger charge is -2.28. The molecule has 0 aliphatic heterocycles. The third-order valence-electron chi connectivity index (χ3n) is 2.93. The van der Waals surface area contributed by atoms with Crippen molar-refractivity contribution in [3.63, 3.8) is 0 Å². The smallest absolute Gasteiger partial charge is 0.269 e. The number of rotatable bonds is 6. The Morgan fingerprint density at radius 1 is 1.39 bits per heavy atom. The molecule has 0 N–H and O–H groups in total. The summed E-state index contributed by atoms with van der Waals surface area (Å²) in [5, 5.41) is 10.6. The minimum Gasteiger partial charge on any atom is -0.375 e. The number of amides is 1. The molecule has 2 atom stereocenters. The van der Waals surface area contributed by atoms with Gasteiger partial charge >= 0.3 is 0 Å². The lowest BCUT2D eigenvalue weighted by molar-refractivity contribution is -0.384. The zero-order valence-electron chi connectivity index (χ0n) is 10.6. The Labute approximate surface area is 105 Å². The van der Waals surface area contributed by atoms with Crippen molar-refractivity contribution in [2.24, 2.45) is 0 Å². The Kier molecular flexibility index (Phi) is 4.79. The van der Waals surface area contributed by atoms with Gasteiger partial charge < -0.3 is 9.64 Å². The highest BCUT2D eigenvalue weighted by molar-refractivity contribution is 5.47. The number of nitrogens with zero attached hydrogens (tertiary/aromatic N) is 2. The van der Waals surface area contributed by atoms with Gasteiger partial charge in [0.1, 0.15) is 6.10 Å². The minimum atomic E-state index is -0.452. The van der Waals surface area contributed by atoms with Crippen LogP contribution in [0.5, 0.6) is 0 Å². The van der Waals surface area contributed by atoms with Gasteiger partial charge in [0.05, 0.1) is 11.0 Å². The van der Waals surface area contributed by atoms with Gasteiger partial charge in [0, 0.05) is 26.3 Å². The molecule has 1 aromatic rings. The number of non-ortho nitro benzene ring substituents is 1. The standard InChI is InChI=1S/C12H16N2O4/c1-9(13(2)8-15)12(18-3)10-4-6-11(7-5-10)14(16)17/h4-9,12H,1-3H3/t9-,12+/m1/s1. The van der Waals surface area contributed by atoms with Crippen molar-refractivity contribution in [1.82, 2.24) is 4.90 Å². The summed E-state index contributed by atoms with van der Waals surface area (Å²) >= 11 is 0. The molecule has 0 bridgehead atoms. The van der Waals surface area contributed by atoms with Crippen LogP contribution in [0.3, 0.4) is 0 Å². The molecule has 0 spiro atoms. The Hall–Kier alpha value is -1.95. The second kappa shape index (κ2) is 6.11. The molecule has 0 saturated carbocycles. The summed E-state index contributed by atoms with van der Waals surface area (Å²) in [6.45, 7) is 1.85. The summed E-state index contributed by atoms with van der Waals surface area (Å²) in [6, 6.07) is 5.97. The number of carbonyl (C=O) groups excluding carboxylic acids is 1. The summed E-state index contributed by atoms with van der Waals surface area (Å²) in [7, 11) is 3.20. The fourth-order valence-corrected chi connectivity index (χ4v) is 1.71. The number of nitro benzene ring substituents is 1. The van der Waals surface area contributed by atoms with Crippen LogP contribution < -0.4 is 0 Å². The van der Waals surface area contributed by atoms with E-state index in [1.54, 1.807) is 26.3 Å². The average Bonchev–Trinajstić information content (AvgIpc) is 2.39. The van der Waals surface area contributed by atoms with Crippen LogP contribution in [0.4, 0.5) is 5.69 Å². The first-order chi connectivity index (χ1) is 8.51. The predicted octanol–water partition coefficient (Wildman–Crippen LogP) is 1.76. The van der Waals surface area contributed by atoms with Gasteiger partial charge in [0.15, 0.2) is 0 Å². The summed E-state index contributed by atoms with van der Waals surface area (Å²) < 4.78 is 5.35. The lowest BCUT2D eigenvalue weighted by atomic mass is 10.0. The van der Waals surface area contributed by atoms with E-state index in [1.807, 2.05) is 6.92 Å². The number of carbonyl (C=O) groups is 1. The number of likely N-dealkylation sites (N-methyl/N-ethyl adjacent to an activating group) is 1. The van der Waals surface area contributed by atoms with Crippen molar-refractivity contribution in [1.29, 1.82) is 0 Å². The molecule has 98 valence electrons. The lowest BCUT2D eigenvalue weighted by Crippen LogP contribution is -2.34. The number of hydrogen-bond acceptors (Lipinski definition) is 4. The van der Waals surface area contributed by atoms with Crippen LogP contribution >= 0.6 is 0 Å². The van der Waals surface area contributed by atoms with Crippen LogP contribution in [0.2, 0.25) is 0 Å². The molecule has 18 heavy (non-hydrogen) atoms. The van der Waals surface area contributed by atoms with E-state index in [4.69, 9.17) is 4.74 Å². The first-order valence-corrected chi connectivity index (χ1v) is 5.45. The van der Waals surface area contributed by atoms with Gasteiger partial charge in [-0.2, -0.15) is 0 Å². The Balaban J connectivity index is 2.95. The highest BCUT2D eigenvalue weighted by atomic mass is 16.6. The molecular weight excluding hydrogens is 236 g/mol. The molecule has 0 fully saturated rings. The molecule has 6 heteroatoms. The van der Waals surface area contributed by atoms with Crippen LogP contribution in [0.1, 0.15) is 18.6 Å². The van der Waals surface area contributed by atoms with E-state index in [2.05, 4.69) is 0 Å². The summed E-state index contributed by atoms with van der Waals surface area (Å²) in [5.74, 6) is 0. The van der Waals surface area contributed by atoms with E-state index >= 15 is 0 Å². The molecule has 0 radical (unpaired) electrons. The third-order valence-corrected chi connectivity index (χ3v) is 2.93. The second-order valence-electron chi connectivity index (χ2n) is 4.02. The summed E-state index contributed by atoms with van der Waals surface area (Å²) in [6.07, 6.45) is 0.406. The third kappa shape index (κ3) is 3.04. The highest BCUT2D eigenvalue weighted by Crippen LogP contribution is 2.25. The van der Waals surface area contributed by atoms with Crippen molar-refractivity contribution < 1.29 is 14.5 Å². The molecule has 0 unspecified atom stereocenters. The highest BCUT2D eigenvalue weighted by Gasteiger charge is 2.22. The van der Waals surface area contributed by atoms with Crippen molar-refractivity contribution in [2.45, 2.75) is 19.1 Å². The molecule has 0 aromatic heterocycles. The average molecular weight is 252 g/mol. The Morgan fingerprint density at radius 3 is 2.33 bits per heavy atom. The van der Waals surface area contributed by atoms with Crippen molar-refractivity contribution in [3.05, 3.63) is 39.9 Å². The van der Waals surface area contributed by atoms with E-state index in [1.165, 1.54) is 17.0 Å². The fourth-order valence-electron chi connectivity index (χ4n) is 1.71. The van der Waals surface area contributed by atoms with Gasteiger partial charge in [-0.25, -0.2) is 0 Å². The molecule has 0 saturated heterocycles. The van der Waals surface area contributed by atoms with Gasteiger partial charge in [0.25, 0.3) is 5.69 Å². The Morgan fingerprint density at radius 2 is 1.94 bits per heavy atom. The summed E-state index contributed by atoms with van der Waals surface area (Å²) in [5.41, 5.74) is 0.828. The monoisotopic (exact) mass is 252 g/mol. The predicted molar refractivity (Wildman–Crippen MR) is 66.1 cm³/mol. The molecular formula is C12H16N2O4. The molecule has 6 nitrogen and oxygen atoms in total. The number of benzene rings is 1. The normalized spacial score (nSPS) is 13.7. The molecule has 1 amide bonds. The van der Waals surface area contributed by atoms with Crippen LogP contribution in [-0.4, -0.2) is 36.4 Å². The van der Waals surface area contributed by atoms with Gasteiger partial charge in [-0.3, -0.25) is 14.9 Å². The maximum Gasteiger partial charge on any atom is 0.269 e. The van der Waals surface area contributed by atoms with Crippen molar-refractivity contribution in [2.75, 3.05) is 14.2 Å². The number of hydrogen-bond donors (Lipinski definition) is 0. The Bertz CT molecular complexity index is 419. The zero-order valence-corrected chi connectivity index (χ0v) is 10.6. The first-order valence-electron chi connectivity index (χ1n) is 5.45. The van der Waals surface area contributed by atoms with Gasteiger partial charge in [-0.05, 0) is 24.6 Å². The SMILES string of the molecule is CO[C@H](c1ccc([N+](=O)[O-])cc1)[C@@H](C)N(C)C=O. The molecule has 1 aromatic carbocycles. The molecule has 0 heterocycles. The van der Waals surface area contributed by atoms with Crippen LogP contribution in [0, 0.1) is 10.1 Å². The first kappa shape index (κ1) is 14.1.